The van der Waals surface area contributed by atoms with Crippen molar-refractivity contribution in [1.82, 2.24) is 5.32 Å². The summed E-state index contributed by atoms with van der Waals surface area (Å²) in [6.07, 6.45) is 1.79. The van der Waals surface area contributed by atoms with Gasteiger partial charge in [0.25, 0.3) is 0 Å². The number of hydrogen-bond acceptors (Lipinski definition) is 1. The first-order valence-corrected chi connectivity index (χ1v) is 6.98. The van der Waals surface area contributed by atoms with Crippen LogP contribution in [0.1, 0.15) is 11.1 Å². The van der Waals surface area contributed by atoms with Gasteiger partial charge in [-0.05, 0) is 48.2 Å². The molecule has 4 heteroatoms. The smallest absolute Gasteiger partial charge is 0.319 e. The Morgan fingerprint density at radius 3 is 2.20 bits per heavy atom. The molecule has 2 aromatic rings. The molecule has 1 aliphatic carbocycles. The van der Waals surface area contributed by atoms with Crippen LogP contribution < -0.4 is 10.6 Å². The zero-order valence-corrected chi connectivity index (χ0v) is 11.7. The third kappa shape index (κ3) is 2.94. The minimum atomic E-state index is -0.176. The van der Waals surface area contributed by atoms with Gasteiger partial charge in [0, 0.05) is 16.8 Å². The Labute approximate surface area is 123 Å². The molecule has 0 saturated carbocycles. The summed E-state index contributed by atoms with van der Waals surface area (Å²) in [4.78, 5) is 11.9. The lowest BCUT2D eigenvalue weighted by Crippen LogP contribution is -2.38. The van der Waals surface area contributed by atoms with Crippen LogP contribution in [0, 0.1) is 0 Å². The monoisotopic (exact) mass is 286 g/mol. The number of nitrogens with one attached hydrogen (secondary N) is 2. The molecule has 0 bridgehead atoms. The molecule has 0 spiro atoms. The maximum Gasteiger partial charge on any atom is 0.319 e. The van der Waals surface area contributed by atoms with Crippen LogP contribution in [0.5, 0.6) is 0 Å². The average Bonchev–Trinajstić information content (AvgIpc) is 2.83. The first-order valence-electron chi connectivity index (χ1n) is 6.60. The molecule has 3 rings (SSSR count). The lowest BCUT2D eigenvalue weighted by molar-refractivity contribution is 0.249. The molecule has 3 nitrogen and oxygen atoms in total. The fraction of sp³-hybridized carbons (Fsp3) is 0.188. The predicted octanol–water partition coefficient (Wildman–Crippen LogP) is 3.63. The van der Waals surface area contributed by atoms with Gasteiger partial charge in [-0.1, -0.05) is 35.9 Å². The topological polar surface area (TPSA) is 41.1 Å². The molecule has 2 amide bonds. The Balaban J connectivity index is 1.57. The van der Waals surface area contributed by atoms with Crippen molar-refractivity contribution in [2.75, 3.05) is 5.32 Å². The van der Waals surface area contributed by atoms with Gasteiger partial charge in [0.05, 0.1) is 0 Å². The van der Waals surface area contributed by atoms with Gasteiger partial charge in [-0.3, -0.25) is 0 Å². The third-order valence-corrected chi connectivity index (χ3v) is 3.74. The van der Waals surface area contributed by atoms with Crippen LogP contribution in [0.25, 0.3) is 0 Å². The van der Waals surface area contributed by atoms with Crippen molar-refractivity contribution in [3.63, 3.8) is 0 Å². The number of rotatable bonds is 2. The average molecular weight is 287 g/mol. The third-order valence-electron chi connectivity index (χ3n) is 3.49. The molecule has 20 heavy (non-hydrogen) atoms. The van der Waals surface area contributed by atoms with Gasteiger partial charge in [-0.15, -0.1) is 0 Å². The number of amides is 2. The number of hydrogen-bond donors (Lipinski definition) is 2. The van der Waals surface area contributed by atoms with Crippen molar-refractivity contribution in [3.8, 4) is 0 Å². The van der Waals surface area contributed by atoms with Crippen LogP contribution in [0.3, 0.4) is 0 Å². The molecule has 0 fully saturated rings. The van der Waals surface area contributed by atoms with E-state index in [1.54, 1.807) is 24.3 Å². The van der Waals surface area contributed by atoms with Crippen molar-refractivity contribution in [2.24, 2.45) is 0 Å². The van der Waals surface area contributed by atoms with Crippen LogP contribution in [0.4, 0.5) is 10.5 Å². The highest BCUT2D eigenvalue weighted by Gasteiger charge is 2.22. The van der Waals surface area contributed by atoms with Gasteiger partial charge in [0.2, 0.25) is 0 Å². The zero-order chi connectivity index (χ0) is 13.9. The number of benzene rings is 2. The van der Waals surface area contributed by atoms with Gasteiger partial charge >= 0.3 is 6.03 Å². The van der Waals surface area contributed by atoms with E-state index in [0.29, 0.717) is 5.02 Å². The lowest BCUT2D eigenvalue weighted by Gasteiger charge is -2.13. The van der Waals surface area contributed by atoms with Crippen LogP contribution in [0.2, 0.25) is 5.02 Å². The van der Waals surface area contributed by atoms with Crippen molar-refractivity contribution in [1.29, 1.82) is 0 Å². The van der Waals surface area contributed by atoms with E-state index in [0.717, 1.165) is 18.5 Å². The largest absolute Gasteiger partial charge is 0.334 e. The van der Waals surface area contributed by atoms with Gasteiger partial charge in [0.1, 0.15) is 0 Å². The van der Waals surface area contributed by atoms with E-state index in [1.165, 1.54) is 11.1 Å². The first-order chi connectivity index (χ1) is 9.70. The highest BCUT2D eigenvalue weighted by Crippen LogP contribution is 2.21. The van der Waals surface area contributed by atoms with Crippen LogP contribution in [0.15, 0.2) is 48.5 Å². The summed E-state index contributed by atoms with van der Waals surface area (Å²) in [6, 6.07) is 15.4. The summed E-state index contributed by atoms with van der Waals surface area (Å²) in [5, 5.41) is 6.47. The van der Waals surface area contributed by atoms with E-state index in [-0.39, 0.29) is 12.1 Å². The molecule has 102 valence electrons. The fourth-order valence-electron chi connectivity index (χ4n) is 2.55. The van der Waals surface area contributed by atoms with Crippen molar-refractivity contribution >= 4 is 23.3 Å². The maximum absolute atomic E-state index is 11.9. The second-order valence-corrected chi connectivity index (χ2v) is 5.42. The normalized spacial score (nSPS) is 13.8. The van der Waals surface area contributed by atoms with Crippen LogP contribution in [-0.2, 0) is 12.8 Å². The molecular weight excluding hydrogens is 272 g/mol. The first kappa shape index (κ1) is 13.0. The van der Waals surface area contributed by atoms with E-state index in [4.69, 9.17) is 11.6 Å². The van der Waals surface area contributed by atoms with Gasteiger partial charge in [-0.2, -0.15) is 0 Å². The lowest BCUT2D eigenvalue weighted by atomic mass is 10.1. The summed E-state index contributed by atoms with van der Waals surface area (Å²) >= 11 is 5.81. The molecule has 0 aromatic heterocycles. The second kappa shape index (κ2) is 5.55. The molecule has 0 unspecified atom stereocenters. The van der Waals surface area contributed by atoms with E-state index in [2.05, 4.69) is 22.8 Å². The van der Waals surface area contributed by atoms with Gasteiger partial charge in [-0.25, -0.2) is 4.79 Å². The molecule has 0 radical (unpaired) electrons. The van der Waals surface area contributed by atoms with E-state index in [1.807, 2.05) is 12.1 Å². The summed E-state index contributed by atoms with van der Waals surface area (Å²) < 4.78 is 0. The second-order valence-electron chi connectivity index (χ2n) is 4.98. The Hall–Kier alpha value is -2.00. The number of urea groups is 1. The molecule has 0 aliphatic heterocycles. The van der Waals surface area contributed by atoms with E-state index < -0.39 is 0 Å². The predicted molar refractivity (Wildman–Crippen MR) is 81.2 cm³/mol. The number of carbonyl (C=O) groups is 1. The fourth-order valence-corrected chi connectivity index (χ4v) is 2.67. The molecule has 0 atom stereocenters. The number of carbonyl (C=O) groups excluding carboxylic acids is 1. The standard InChI is InChI=1S/C16H15ClN2O/c17-13-5-7-14(8-6-13)18-16(20)19-15-9-11-3-1-2-4-12(11)10-15/h1-8,15H,9-10H2,(H2,18,19,20). The van der Waals surface area contributed by atoms with Crippen molar-refractivity contribution in [2.45, 2.75) is 18.9 Å². The van der Waals surface area contributed by atoms with E-state index in [9.17, 15) is 4.79 Å². The number of anilines is 1. The molecule has 0 heterocycles. The SMILES string of the molecule is O=C(Nc1ccc(Cl)cc1)NC1Cc2ccccc2C1. The van der Waals surface area contributed by atoms with Crippen LogP contribution >= 0.6 is 11.6 Å². The molecule has 0 saturated heterocycles. The molecule has 2 N–H and O–H groups in total. The van der Waals surface area contributed by atoms with E-state index >= 15 is 0 Å². The molecule has 2 aromatic carbocycles. The quantitative estimate of drug-likeness (QED) is 0.870. The molecular formula is C16H15ClN2O. The molecule has 1 aliphatic rings. The Morgan fingerprint density at radius 1 is 1.00 bits per heavy atom. The summed E-state index contributed by atoms with van der Waals surface area (Å²) in [5.74, 6) is 0. The van der Waals surface area contributed by atoms with Crippen LogP contribution in [-0.4, -0.2) is 12.1 Å². The maximum atomic E-state index is 11.9. The number of halogens is 1. The van der Waals surface area contributed by atoms with Crippen molar-refractivity contribution < 1.29 is 4.79 Å². The minimum Gasteiger partial charge on any atom is -0.334 e. The summed E-state index contributed by atoms with van der Waals surface area (Å²) in [5.41, 5.74) is 3.39. The highest BCUT2D eigenvalue weighted by molar-refractivity contribution is 6.30. The van der Waals surface area contributed by atoms with Gasteiger partial charge in [0.15, 0.2) is 0 Å². The Bertz CT molecular complexity index is 600. The number of fused-ring (bicyclic) bond motifs is 1. The van der Waals surface area contributed by atoms with Crippen molar-refractivity contribution in [3.05, 3.63) is 64.7 Å². The highest BCUT2D eigenvalue weighted by atomic mass is 35.5. The van der Waals surface area contributed by atoms with Gasteiger partial charge < -0.3 is 10.6 Å². The Morgan fingerprint density at radius 2 is 1.60 bits per heavy atom. The Kier molecular flexibility index (Phi) is 3.61. The summed E-state index contributed by atoms with van der Waals surface area (Å²) in [6.45, 7) is 0. The zero-order valence-electron chi connectivity index (χ0n) is 10.9. The minimum absolute atomic E-state index is 0.166. The summed E-state index contributed by atoms with van der Waals surface area (Å²) in [7, 11) is 0.